The lowest BCUT2D eigenvalue weighted by Gasteiger charge is -2.48. The van der Waals surface area contributed by atoms with E-state index in [9.17, 15) is 0 Å². The lowest BCUT2D eigenvalue weighted by atomic mass is 9.52. The Hall–Kier alpha value is -8.57. The molecule has 0 bridgehead atoms. The van der Waals surface area contributed by atoms with Gasteiger partial charge < -0.3 is 0 Å². The van der Waals surface area contributed by atoms with Gasteiger partial charge in [-0.2, -0.15) is 0 Å². The van der Waals surface area contributed by atoms with Crippen molar-refractivity contribution in [3.8, 4) is 67.5 Å². The molecule has 0 aliphatic heterocycles. The molecule has 15 rings (SSSR count). The summed E-state index contributed by atoms with van der Waals surface area (Å²) in [6.45, 7) is 0. The average molecular weight is 894 g/mol. The van der Waals surface area contributed by atoms with E-state index in [1.54, 1.807) is 11.3 Å². The molecule has 2 aromatic heterocycles. The van der Waals surface area contributed by atoms with Crippen LogP contribution in [0.1, 0.15) is 44.5 Å². The Labute approximate surface area is 403 Å². The van der Waals surface area contributed by atoms with Crippen LogP contribution in [0.15, 0.2) is 237 Å². The summed E-state index contributed by atoms with van der Waals surface area (Å²) in [4.78, 5) is 15.5. The second-order valence-corrected chi connectivity index (χ2v) is 19.6. The predicted octanol–water partition coefficient (Wildman–Crippen LogP) is 15.9. The highest BCUT2D eigenvalue weighted by Crippen LogP contribution is 2.67. The van der Waals surface area contributed by atoms with Gasteiger partial charge in [0.2, 0.25) is 0 Å². The van der Waals surface area contributed by atoms with Crippen LogP contribution in [0.3, 0.4) is 0 Å². The number of hydrogen-bond acceptors (Lipinski definition) is 4. The van der Waals surface area contributed by atoms with Gasteiger partial charge in [0, 0.05) is 36.9 Å². The molecule has 4 heteroatoms. The molecule has 10 aromatic carbocycles. The van der Waals surface area contributed by atoms with Crippen molar-refractivity contribution < 1.29 is 0 Å². The van der Waals surface area contributed by atoms with Gasteiger partial charge in [0.25, 0.3) is 0 Å². The van der Waals surface area contributed by atoms with Crippen molar-refractivity contribution >= 4 is 31.5 Å². The molecule has 0 N–H and O–H groups in total. The second kappa shape index (κ2) is 14.5. The third-order valence-corrected chi connectivity index (χ3v) is 16.4. The van der Waals surface area contributed by atoms with Crippen molar-refractivity contribution in [1.29, 1.82) is 0 Å². The summed E-state index contributed by atoms with van der Waals surface area (Å²) < 4.78 is 2.49. The minimum Gasteiger partial charge on any atom is -0.208 e. The molecular weight excluding hydrogens is 855 g/mol. The van der Waals surface area contributed by atoms with Gasteiger partial charge in [0.1, 0.15) is 0 Å². The predicted molar refractivity (Wildman–Crippen MR) is 283 cm³/mol. The Morgan fingerprint density at radius 3 is 1.26 bits per heavy atom. The van der Waals surface area contributed by atoms with Gasteiger partial charge in [-0.05, 0) is 102 Å². The molecule has 0 amide bonds. The van der Waals surface area contributed by atoms with Crippen molar-refractivity contribution in [3.05, 3.63) is 281 Å². The number of hydrogen-bond donors (Lipinski definition) is 0. The van der Waals surface area contributed by atoms with Crippen molar-refractivity contribution in [2.24, 2.45) is 0 Å². The number of aromatic nitrogens is 3. The third-order valence-electron chi connectivity index (χ3n) is 15.2. The monoisotopic (exact) mass is 893 g/mol. The van der Waals surface area contributed by atoms with Crippen LogP contribution in [0.4, 0.5) is 0 Å². The van der Waals surface area contributed by atoms with Gasteiger partial charge in [0.05, 0.1) is 10.8 Å². The fourth-order valence-corrected chi connectivity index (χ4v) is 13.6. The molecule has 0 saturated carbocycles. The smallest absolute Gasteiger partial charge is 0.164 e. The van der Waals surface area contributed by atoms with Gasteiger partial charge in [0.15, 0.2) is 17.5 Å². The standard InChI is InChI=1S/C65H39N3S/c1-2-17-40(18-3-1)61-66-62(68-63(67-61)44-34-36-50-49-24-7-15-32-59(49)69-60(50)39-44)43-20-16-19-41(37-43)42-33-35-48-47-23-6-10-27-53(47)65(58(48)38-42)56-30-13-11-28-54(56)64(55-29-12-14-31-57(55)65)51-25-8-4-21-45(51)46-22-5-9-26-52(46)64/h1-39H. The first-order valence-electron chi connectivity index (χ1n) is 23.7. The molecule has 3 aliphatic carbocycles. The van der Waals surface area contributed by atoms with E-state index in [1.165, 1.54) is 86.9 Å². The highest BCUT2D eigenvalue weighted by molar-refractivity contribution is 7.25. The van der Waals surface area contributed by atoms with Crippen LogP contribution in [-0.4, -0.2) is 15.0 Å². The van der Waals surface area contributed by atoms with E-state index in [-0.39, 0.29) is 0 Å². The molecule has 69 heavy (non-hydrogen) atoms. The maximum absolute atomic E-state index is 5.25. The van der Waals surface area contributed by atoms with Crippen molar-refractivity contribution in [2.75, 3.05) is 0 Å². The van der Waals surface area contributed by atoms with E-state index >= 15 is 0 Å². The number of nitrogens with zero attached hydrogens (tertiary/aromatic N) is 3. The molecule has 0 radical (unpaired) electrons. The Balaban J connectivity index is 0.923. The zero-order valence-electron chi connectivity index (χ0n) is 37.3. The van der Waals surface area contributed by atoms with Crippen molar-refractivity contribution in [2.45, 2.75) is 10.8 Å². The molecule has 12 aromatic rings. The zero-order chi connectivity index (χ0) is 45.3. The first-order chi connectivity index (χ1) is 34.2. The summed E-state index contributed by atoms with van der Waals surface area (Å²) in [6, 6.07) is 87.2. The Bertz CT molecular complexity index is 4010. The van der Waals surface area contributed by atoms with Crippen LogP contribution in [0.25, 0.3) is 87.7 Å². The molecule has 0 fully saturated rings. The molecule has 0 saturated heterocycles. The molecule has 0 atom stereocenters. The lowest BCUT2D eigenvalue weighted by Crippen LogP contribution is -2.43. The molecule has 3 nitrogen and oxygen atoms in total. The van der Waals surface area contributed by atoms with Crippen LogP contribution < -0.4 is 0 Å². The Morgan fingerprint density at radius 2 is 0.652 bits per heavy atom. The van der Waals surface area contributed by atoms with E-state index in [0.717, 1.165) is 27.8 Å². The average Bonchev–Trinajstić information content (AvgIpc) is 4.05. The summed E-state index contributed by atoms with van der Waals surface area (Å²) in [7, 11) is 0. The minimum absolute atomic E-state index is 0.485. The van der Waals surface area contributed by atoms with E-state index in [1.807, 2.05) is 18.2 Å². The lowest BCUT2D eigenvalue weighted by molar-refractivity contribution is 0.633. The van der Waals surface area contributed by atoms with Crippen molar-refractivity contribution in [1.82, 2.24) is 15.0 Å². The first kappa shape index (κ1) is 38.5. The van der Waals surface area contributed by atoms with Crippen molar-refractivity contribution in [3.63, 3.8) is 0 Å². The fraction of sp³-hybridized carbons (Fsp3) is 0.0308. The number of thiophene rings is 1. The minimum atomic E-state index is -0.576. The van der Waals surface area contributed by atoms with Gasteiger partial charge in [-0.25, -0.2) is 15.0 Å². The Morgan fingerprint density at radius 1 is 0.246 bits per heavy atom. The number of fused-ring (bicyclic) bond motifs is 19. The molecular formula is C65H39N3S. The maximum atomic E-state index is 5.25. The van der Waals surface area contributed by atoms with Crippen LogP contribution in [-0.2, 0) is 10.8 Å². The summed E-state index contributed by atoms with van der Waals surface area (Å²) in [5, 5.41) is 2.52. The summed E-state index contributed by atoms with van der Waals surface area (Å²) in [6.07, 6.45) is 0. The van der Waals surface area contributed by atoms with Crippen LogP contribution in [0.2, 0.25) is 0 Å². The third kappa shape index (κ3) is 5.24. The highest BCUT2D eigenvalue weighted by Gasteiger charge is 2.58. The van der Waals surface area contributed by atoms with Crippen LogP contribution in [0, 0.1) is 0 Å². The van der Waals surface area contributed by atoms with Gasteiger partial charge in [-0.1, -0.05) is 212 Å². The van der Waals surface area contributed by atoms with Crippen LogP contribution in [0.5, 0.6) is 0 Å². The molecule has 3 aliphatic rings. The summed E-state index contributed by atoms with van der Waals surface area (Å²) >= 11 is 1.80. The molecule has 2 spiro atoms. The number of rotatable bonds is 4. The largest absolute Gasteiger partial charge is 0.208 e. The highest BCUT2D eigenvalue weighted by atomic mass is 32.1. The van der Waals surface area contributed by atoms with Gasteiger partial charge in [-0.3, -0.25) is 0 Å². The molecule has 0 unspecified atom stereocenters. The second-order valence-electron chi connectivity index (χ2n) is 18.6. The topological polar surface area (TPSA) is 38.7 Å². The maximum Gasteiger partial charge on any atom is 0.164 e. The summed E-state index contributed by atoms with van der Waals surface area (Å²) in [5.41, 5.74) is 19.8. The summed E-state index contributed by atoms with van der Waals surface area (Å²) in [5.74, 6) is 1.94. The molecule has 2 heterocycles. The van der Waals surface area contributed by atoms with E-state index in [4.69, 9.17) is 15.0 Å². The SMILES string of the molecule is c1ccc(-c2nc(-c3cccc(-c4ccc5c(c4)C4(c6ccccc6-5)c5ccccc5C5(c6ccccc6-c6ccccc65)c5ccccc54)c3)nc(-c3ccc4c(c3)sc3ccccc34)n2)cc1. The quantitative estimate of drug-likeness (QED) is 0.177. The zero-order valence-corrected chi connectivity index (χ0v) is 38.1. The Kier molecular flexibility index (Phi) is 8.08. The van der Waals surface area contributed by atoms with Gasteiger partial charge in [-0.15, -0.1) is 11.3 Å². The van der Waals surface area contributed by atoms with E-state index in [2.05, 4.69) is 218 Å². The van der Waals surface area contributed by atoms with Crippen LogP contribution >= 0.6 is 11.3 Å². The fourth-order valence-electron chi connectivity index (χ4n) is 12.5. The first-order valence-corrected chi connectivity index (χ1v) is 24.5. The normalized spacial score (nSPS) is 14.0. The van der Waals surface area contributed by atoms with Gasteiger partial charge >= 0.3 is 0 Å². The van der Waals surface area contributed by atoms with E-state index < -0.39 is 10.8 Å². The molecule has 320 valence electrons. The van der Waals surface area contributed by atoms with E-state index in [0.29, 0.717) is 17.5 Å². The number of benzene rings is 10.